The number of anilines is 1. The van der Waals surface area contributed by atoms with Crippen LogP contribution in [0.4, 0.5) is 23.2 Å². The molecule has 0 radical (unpaired) electrons. The van der Waals surface area contributed by atoms with E-state index in [2.05, 4.69) is 9.97 Å². The summed E-state index contributed by atoms with van der Waals surface area (Å²) in [5.41, 5.74) is 6.19. The zero-order valence-electron chi connectivity index (χ0n) is 10.5. The van der Waals surface area contributed by atoms with Gasteiger partial charge in [-0.25, -0.2) is 9.37 Å². The third-order valence-electron chi connectivity index (χ3n) is 3.00. The van der Waals surface area contributed by atoms with Gasteiger partial charge in [-0.1, -0.05) is 0 Å². The Balaban J connectivity index is 2.16. The minimum absolute atomic E-state index is 0.0251. The minimum atomic E-state index is -4.62. The molecule has 0 bridgehead atoms. The Morgan fingerprint density at radius 3 is 2.52 bits per heavy atom. The number of benzene rings is 2. The molecular formula is C14H9F4N3. The fourth-order valence-electron chi connectivity index (χ4n) is 2.05. The summed E-state index contributed by atoms with van der Waals surface area (Å²) in [4.78, 5) is 6.98. The predicted molar refractivity (Wildman–Crippen MR) is 70.9 cm³/mol. The fourth-order valence-corrected chi connectivity index (χ4v) is 2.05. The van der Waals surface area contributed by atoms with Crippen molar-refractivity contribution < 1.29 is 17.6 Å². The largest absolute Gasteiger partial charge is 0.416 e. The van der Waals surface area contributed by atoms with Crippen molar-refractivity contribution >= 4 is 16.7 Å². The van der Waals surface area contributed by atoms with Crippen LogP contribution in [0.3, 0.4) is 0 Å². The van der Waals surface area contributed by atoms with Crippen molar-refractivity contribution in [1.82, 2.24) is 9.97 Å². The van der Waals surface area contributed by atoms with E-state index in [0.717, 1.165) is 12.1 Å². The van der Waals surface area contributed by atoms with Crippen molar-refractivity contribution in [2.45, 2.75) is 6.18 Å². The highest BCUT2D eigenvalue weighted by Crippen LogP contribution is 2.33. The average Bonchev–Trinajstić information content (AvgIpc) is 2.80. The van der Waals surface area contributed by atoms with Gasteiger partial charge in [-0.05, 0) is 36.4 Å². The number of fused-ring (bicyclic) bond motifs is 1. The number of alkyl halides is 3. The maximum absolute atomic E-state index is 13.4. The number of H-pyrrole nitrogens is 1. The van der Waals surface area contributed by atoms with Crippen molar-refractivity contribution in [3.05, 3.63) is 47.8 Å². The molecule has 7 heteroatoms. The zero-order valence-corrected chi connectivity index (χ0v) is 10.5. The molecule has 2 aromatic carbocycles. The SMILES string of the molecule is Nc1ccc2nc(-c3cc(F)cc(C(F)(F)F)c3)[nH]c2c1. The third kappa shape index (κ3) is 2.54. The number of nitrogens with zero attached hydrogens (tertiary/aromatic N) is 1. The Bertz CT molecular complexity index is 821. The maximum atomic E-state index is 13.4. The second-order valence-corrected chi connectivity index (χ2v) is 4.59. The van der Waals surface area contributed by atoms with E-state index < -0.39 is 17.6 Å². The minimum Gasteiger partial charge on any atom is -0.399 e. The van der Waals surface area contributed by atoms with Crippen LogP contribution in [0.1, 0.15) is 5.56 Å². The van der Waals surface area contributed by atoms with E-state index in [9.17, 15) is 17.6 Å². The zero-order chi connectivity index (χ0) is 15.2. The summed E-state index contributed by atoms with van der Waals surface area (Å²) in [6, 6.07) is 7.16. The highest BCUT2D eigenvalue weighted by molar-refractivity contribution is 5.82. The van der Waals surface area contributed by atoms with E-state index >= 15 is 0 Å². The van der Waals surface area contributed by atoms with Crippen molar-refractivity contribution in [2.75, 3.05) is 5.73 Å². The summed E-state index contributed by atoms with van der Waals surface area (Å²) in [6.07, 6.45) is -4.62. The molecule has 0 amide bonds. The fraction of sp³-hybridized carbons (Fsp3) is 0.0714. The van der Waals surface area contributed by atoms with Gasteiger partial charge in [0, 0.05) is 11.3 Å². The quantitative estimate of drug-likeness (QED) is 0.527. The standard InChI is InChI=1S/C14H9F4N3/c15-9-4-7(3-8(5-9)14(16,17)18)13-20-11-2-1-10(19)6-12(11)21-13/h1-6H,19H2,(H,20,21). The molecule has 3 nitrogen and oxygen atoms in total. The number of nitrogens with one attached hydrogen (secondary N) is 1. The van der Waals surface area contributed by atoms with Gasteiger partial charge in [0.1, 0.15) is 11.6 Å². The first-order chi connectivity index (χ1) is 9.83. The number of halogens is 4. The number of aromatic nitrogens is 2. The van der Waals surface area contributed by atoms with Crippen LogP contribution in [0, 0.1) is 5.82 Å². The lowest BCUT2D eigenvalue weighted by Gasteiger charge is -2.08. The smallest absolute Gasteiger partial charge is 0.399 e. The molecule has 0 aliphatic carbocycles. The summed E-state index contributed by atoms with van der Waals surface area (Å²) in [7, 11) is 0. The van der Waals surface area contributed by atoms with Gasteiger partial charge in [0.05, 0.1) is 16.6 Å². The lowest BCUT2D eigenvalue weighted by Crippen LogP contribution is -2.05. The molecule has 1 heterocycles. The van der Waals surface area contributed by atoms with E-state index in [0.29, 0.717) is 22.8 Å². The Morgan fingerprint density at radius 1 is 1.05 bits per heavy atom. The summed E-state index contributed by atoms with van der Waals surface area (Å²) in [5.74, 6) is -0.819. The molecule has 0 unspecified atom stereocenters. The van der Waals surface area contributed by atoms with E-state index in [1.54, 1.807) is 18.2 Å². The number of rotatable bonds is 1. The van der Waals surface area contributed by atoms with Crippen molar-refractivity contribution in [1.29, 1.82) is 0 Å². The molecule has 3 aromatic rings. The molecule has 0 saturated heterocycles. The molecule has 21 heavy (non-hydrogen) atoms. The first-order valence-electron chi connectivity index (χ1n) is 5.96. The number of hydrogen-bond donors (Lipinski definition) is 2. The van der Waals surface area contributed by atoms with Gasteiger partial charge in [-0.2, -0.15) is 13.2 Å². The first-order valence-corrected chi connectivity index (χ1v) is 5.96. The molecule has 0 fully saturated rings. The molecule has 0 aliphatic heterocycles. The van der Waals surface area contributed by atoms with Gasteiger partial charge in [-0.3, -0.25) is 0 Å². The van der Waals surface area contributed by atoms with E-state index in [1.807, 2.05) is 0 Å². The normalized spacial score (nSPS) is 12.0. The van der Waals surface area contributed by atoms with Gasteiger partial charge in [0.15, 0.2) is 0 Å². The average molecular weight is 295 g/mol. The number of aromatic amines is 1. The van der Waals surface area contributed by atoms with Crippen LogP contribution in [-0.2, 0) is 6.18 Å². The second kappa shape index (κ2) is 4.47. The molecule has 1 aromatic heterocycles. The van der Waals surface area contributed by atoms with Crippen LogP contribution in [-0.4, -0.2) is 9.97 Å². The first kappa shape index (κ1) is 13.4. The van der Waals surface area contributed by atoms with E-state index in [-0.39, 0.29) is 11.4 Å². The van der Waals surface area contributed by atoms with Gasteiger partial charge in [0.25, 0.3) is 0 Å². The van der Waals surface area contributed by atoms with E-state index in [4.69, 9.17) is 5.73 Å². The number of imidazole rings is 1. The molecule has 0 saturated carbocycles. The topological polar surface area (TPSA) is 54.7 Å². The van der Waals surface area contributed by atoms with Crippen LogP contribution in [0.2, 0.25) is 0 Å². The van der Waals surface area contributed by atoms with Crippen LogP contribution in [0.5, 0.6) is 0 Å². The second-order valence-electron chi connectivity index (χ2n) is 4.59. The summed E-state index contributed by atoms with van der Waals surface area (Å²) in [5, 5.41) is 0. The summed E-state index contributed by atoms with van der Waals surface area (Å²) >= 11 is 0. The molecule has 0 atom stereocenters. The summed E-state index contributed by atoms with van der Waals surface area (Å²) < 4.78 is 51.5. The van der Waals surface area contributed by atoms with Crippen molar-refractivity contribution in [3.63, 3.8) is 0 Å². The van der Waals surface area contributed by atoms with Crippen molar-refractivity contribution in [3.8, 4) is 11.4 Å². The van der Waals surface area contributed by atoms with Gasteiger partial charge >= 0.3 is 6.18 Å². The lowest BCUT2D eigenvalue weighted by atomic mass is 10.1. The van der Waals surface area contributed by atoms with Gasteiger partial charge < -0.3 is 10.7 Å². The third-order valence-corrected chi connectivity index (χ3v) is 3.00. The Kier molecular flexibility index (Phi) is 2.86. The highest BCUT2D eigenvalue weighted by atomic mass is 19.4. The van der Waals surface area contributed by atoms with Crippen LogP contribution in [0.15, 0.2) is 36.4 Å². The number of nitrogens with two attached hydrogens (primary N) is 1. The molecule has 0 spiro atoms. The van der Waals surface area contributed by atoms with Gasteiger partial charge in [-0.15, -0.1) is 0 Å². The van der Waals surface area contributed by atoms with Crippen LogP contribution in [0.25, 0.3) is 22.4 Å². The van der Waals surface area contributed by atoms with Crippen LogP contribution >= 0.6 is 0 Å². The monoisotopic (exact) mass is 295 g/mol. The van der Waals surface area contributed by atoms with Gasteiger partial charge in [0.2, 0.25) is 0 Å². The predicted octanol–water partition coefficient (Wildman–Crippen LogP) is 3.97. The van der Waals surface area contributed by atoms with Crippen molar-refractivity contribution in [2.24, 2.45) is 0 Å². The lowest BCUT2D eigenvalue weighted by molar-refractivity contribution is -0.137. The Hall–Kier alpha value is -2.57. The Labute approximate surface area is 116 Å². The molecule has 3 rings (SSSR count). The number of hydrogen-bond acceptors (Lipinski definition) is 2. The van der Waals surface area contributed by atoms with Crippen LogP contribution < -0.4 is 5.73 Å². The molecule has 3 N–H and O–H groups in total. The Morgan fingerprint density at radius 2 is 1.81 bits per heavy atom. The molecular weight excluding hydrogens is 286 g/mol. The van der Waals surface area contributed by atoms with E-state index in [1.165, 1.54) is 0 Å². The maximum Gasteiger partial charge on any atom is 0.416 e. The summed E-state index contributed by atoms with van der Waals surface area (Å²) in [6.45, 7) is 0. The molecule has 0 aliphatic rings. The highest BCUT2D eigenvalue weighted by Gasteiger charge is 2.31. The number of nitrogen functional groups attached to an aromatic ring is 1. The molecule has 108 valence electrons.